The van der Waals surface area contributed by atoms with Gasteiger partial charge in [0.15, 0.2) is 5.78 Å². The molecular weight excluding hydrogens is 576 g/mol. The molecule has 3 heterocycles. The van der Waals surface area contributed by atoms with Crippen LogP contribution in [0.5, 0.6) is 0 Å². The molecule has 226 valence electrons. The largest absolute Gasteiger partial charge is 0.456 e. The monoisotopic (exact) mass is 605 g/mol. The lowest BCUT2D eigenvalue weighted by Crippen LogP contribution is -2.61. The number of nitro benzene ring substituents is 1. The zero-order chi connectivity index (χ0) is 31.6. The fraction of sp³-hybridized carbons (Fsp3) is 0.235. The molecule has 1 aromatic heterocycles. The number of carbonyl (C=O) groups is 3. The molecule has 11 nitrogen and oxygen atoms in total. The molecule has 7 rings (SSSR count). The number of rotatable bonds is 8. The van der Waals surface area contributed by atoms with Crippen molar-refractivity contribution in [3.8, 4) is 11.1 Å². The van der Waals surface area contributed by atoms with E-state index in [0.717, 1.165) is 16.7 Å². The molecule has 1 saturated heterocycles. The lowest BCUT2D eigenvalue weighted by atomic mass is 9.82. The van der Waals surface area contributed by atoms with Crippen LogP contribution in [-0.2, 0) is 34.5 Å². The van der Waals surface area contributed by atoms with Crippen molar-refractivity contribution in [2.75, 3.05) is 0 Å². The number of aromatic nitrogens is 2. The highest BCUT2D eigenvalue weighted by molar-refractivity contribution is 6.23. The molecule has 3 aromatic carbocycles. The van der Waals surface area contributed by atoms with Gasteiger partial charge in [0, 0.05) is 28.8 Å². The van der Waals surface area contributed by atoms with E-state index in [1.807, 2.05) is 71.3 Å². The van der Waals surface area contributed by atoms with Crippen LogP contribution >= 0.6 is 0 Å². The number of nitrogens with zero attached hydrogens (tertiary/aromatic N) is 4. The summed E-state index contributed by atoms with van der Waals surface area (Å²) in [5.41, 5.74) is 5.45. The summed E-state index contributed by atoms with van der Waals surface area (Å²) in [7, 11) is 1.91. The van der Waals surface area contributed by atoms with Crippen molar-refractivity contribution >= 4 is 28.9 Å². The Morgan fingerprint density at radius 3 is 2.51 bits per heavy atom. The number of β-lactam (4-membered cyclic amide) rings is 1. The number of nitro groups is 1. The smallest absolute Gasteiger partial charge is 0.355 e. The van der Waals surface area contributed by atoms with Gasteiger partial charge in [0.05, 0.1) is 30.0 Å². The summed E-state index contributed by atoms with van der Waals surface area (Å²) >= 11 is 0. The number of fused-ring (bicyclic) bond motifs is 4. The molecule has 1 amide bonds. The van der Waals surface area contributed by atoms with E-state index in [2.05, 4.69) is 0 Å². The Morgan fingerprint density at radius 1 is 1.11 bits per heavy atom. The number of hydrogen-bond donors (Lipinski definition) is 1. The molecule has 2 aliphatic heterocycles. The van der Waals surface area contributed by atoms with Gasteiger partial charge >= 0.3 is 5.97 Å². The van der Waals surface area contributed by atoms with Crippen LogP contribution < -0.4 is 4.57 Å². The van der Waals surface area contributed by atoms with E-state index in [4.69, 9.17) is 4.74 Å². The van der Waals surface area contributed by atoms with Gasteiger partial charge in [-0.3, -0.25) is 19.7 Å². The Hall–Kier alpha value is -5.42. The average molecular weight is 606 g/mol. The molecule has 0 bridgehead atoms. The molecule has 1 aliphatic carbocycles. The van der Waals surface area contributed by atoms with Crippen LogP contribution in [0.25, 0.3) is 16.7 Å². The Morgan fingerprint density at radius 2 is 1.84 bits per heavy atom. The second-order valence-corrected chi connectivity index (χ2v) is 11.8. The Labute approximate surface area is 257 Å². The number of amides is 1. The third-order valence-electron chi connectivity index (χ3n) is 8.87. The fourth-order valence-electron chi connectivity index (χ4n) is 6.77. The van der Waals surface area contributed by atoms with Crippen molar-refractivity contribution in [3.05, 3.63) is 123 Å². The van der Waals surface area contributed by atoms with E-state index in [9.17, 15) is 29.6 Å². The molecule has 1 fully saturated rings. The van der Waals surface area contributed by atoms with E-state index in [1.165, 1.54) is 29.2 Å². The van der Waals surface area contributed by atoms with Gasteiger partial charge < -0.3 is 14.7 Å². The van der Waals surface area contributed by atoms with Crippen molar-refractivity contribution < 1.29 is 33.7 Å². The van der Waals surface area contributed by atoms with Gasteiger partial charge in [0.1, 0.15) is 31.2 Å². The SMILES string of the molecule is C[C@@H](O)[C@H]1C(=O)N2C(C(=O)OCc3ccc([N+](=O)[O-])cc3)=C(c3cc(Cn4cc[n+](C)c4)c4c(c3)-c3ccccc3C4=O)C[C@H]12. The molecule has 0 saturated carbocycles. The van der Waals surface area contributed by atoms with Gasteiger partial charge in [-0.2, -0.15) is 0 Å². The number of carbonyl (C=O) groups excluding carboxylic acids is 3. The van der Waals surface area contributed by atoms with Crippen LogP contribution in [0.15, 0.2) is 85.1 Å². The molecule has 11 heteroatoms. The average Bonchev–Trinajstić information content (AvgIpc) is 3.68. The Balaban J connectivity index is 1.32. The number of imidazole rings is 1. The first-order valence-electron chi connectivity index (χ1n) is 14.6. The second kappa shape index (κ2) is 10.6. The van der Waals surface area contributed by atoms with Crippen LogP contribution in [-0.4, -0.2) is 49.3 Å². The number of non-ortho nitro benzene ring substituents is 1. The van der Waals surface area contributed by atoms with E-state index < -0.39 is 29.0 Å². The minimum atomic E-state index is -0.898. The number of aryl methyl sites for hydroxylation is 1. The predicted octanol–water partition coefficient (Wildman–Crippen LogP) is 3.55. The maximum absolute atomic E-state index is 13.7. The quantitative estimate of drug-likeness (QED) is 0.0940. The number of hydrogen-bond acceptors (Lipinski definition) is 7. The van der Waals surface area contributed by atoms with Crippen LogP contribution in [0.3, 0.4) is 0 Å². The second-order valence-electron chi connectivity index (χ2n) is 11.8. The van der Waals surface area contributed by atoms with Gasteiger partial charge in [-0.05, 0) is 65.4 Å². The topological polar surface area (TPSA) is 136 Å². The van der Waals surface area contributed by atoms with Gasteiger partial charge in [-0.1, -0.05) is 24.3 Å². The Bertz CT molecular complexity index is 1960. The lowest BCUT2D eigenvalue weighted by molar-refractivity contribution is -0.671. The van der Waals surface area contributed by atoms with Crippen molar-refractivity contribution in [2.24, 2.45) is 13.0 Å². The standard InChI is InChI=1S/C34H29N4O7/c1-19(39)29-28-15-26(31(37(28)33(29)41)34(42)45-17-20-7-9-23(10-8-20)38(43)44)21-13-22(16-36-12-11-35(2)18-36)30-27(14-21)24-5-3-4-6-25(24)32(30)40/h3-14,18-19,28-29,39H,15-17H2,1-2H3/q+1/t19-,28-,29-/m1/s1. The van der Waals surface area contributed by atoms with E-state index in [-0.39, 0.29) is 29.7 Å². The molecule has 4 aromatic rings. The molecule has 1 N–H and O–H groups in total. The van der Waals surface area contributed by atoms with Crippen molar-refractivity contribution in [3.63, 3.8) is 0 Å². The molecular formula is C34H29N4O7+. The third-order valence-corrected chi connectivity index (χ3v) is 8.87. The maximum atomic E-state index is 13.7. The van der Waals surface area contributed by atoms with Gasteiger partial charge in [0.25, 0.3) is 5.69 Å². The summed E-state index contributed by atoms with van der Waals surface area (Å²) in [4.78, 5) is 52.6. The van der Waals surface area contributed by atoms with Crippen LogP contribution in [0.4, 0.5) is 5.69 Å². The maximum Gasteiger partial charge on any atom is 0.355 e. The number of ketones is 1. The van der Waals surface area contributed by atoms with Gasteiger partial charge in [0.2, 0.25) is 12.2 Å². The highest BCUT2D eigenvalue weighted by atomic mass is 16.6. The summed E-state index contributed by atoms with van der Waals surface area (Å²) in [6.07, 6.45) is 5.17. The minimum absolute atomic E-state index is 0.0602. The van der Waals surface area contributed by atoms with Crippen molar-refractivity contribution in [2.45, 2.75) is 38.6 Å². The normalized spacial score (nSPS) is 18.8. The van der Waals surface area contributed by atoms with E-state index in [1.54, 1.807) is 6.92 Å². The summed E-state index contributed by atoms with van der Waals surface area (Å²) in [6, 6.07) is 16.5. The van der Waals surface area contributed by atoms with Gasteiger partial charge in [-0.25, -0.2) is 13.9 Å². The first-order chi connectivity index (χ1) is 21.6. The molecule has 3 atom stereocenters. The summed E-state index contributed by atoms with van der Waals surface area (Å²) in [6.45, 7) is 1.83. The Kier molecular flexibility index (Phi) is 6.70. The number of aliphatic hydroxyl groups is 1. The number of ether oxygens (including phenoxy) is 1. The third kappa shape index (κ3) is 4.63. The molecule has 0 radical (unpaired) electrons. The van der Waals surface area contributed by atoms with Crippen molar-refractivity contribution in [1.29, 1.82) is 0 Å². The number of benzene rings is 3. The van der Waals surface area contributed by atoms with E-state index >= 15 is 0 Å². The highest BCUT2D eigenvalue weighted by Gasteiger charge is 2.57. The first-order valence-corrected chi connectivity index (χ1v) is 14.6. The van der Waals surface area contributed by atoms with Crippen LogP contribution in [0.2, 0.25) is 0 Å². The summed E-state index contributed by atoms with van der Waals surface area (Å²) < 4.78 is 9.55. The van der Waals surface area contributed by atoms with Crippen molar-refractivity contribution in [1.82, 2.24) is 9.47 Å². The fourth-order valence-corrected chi connectivity index (χ4v) is 6.77. The lowest BCUT2D eigenvalue weighted by Gasteiger charge is -2.44. The predicted molar refractivity (Wildman–Crippen MR) is 160 cm³/mol. The van der Waals surface area contributed by atoms with Gasteiger partial charge in [-0.15, -0.1) is 0 Å². The molecule has 45 heavy (non-hydrogen) atoms. The molecule has 0 unspecified atom stereocenters. The minimum Gasteiger partial charge on any atom is -0.456 e. The zero-order valence-electron chi connectivity index (χ0n) is 24.5. The highest BCUT2D eigenvalue weighted by Crippen LogP contribution is 2.49. The number of esters is 1. The number of aliphatic hydroxyl groups excluding tert-OH is 1. The van der Waals surface area contributed by atoms with Crippen LogP contribution in [0.1, 0.15) is 46.0 Å². The molecule has 0 spiro atoms. The summed E-state index contributed by atoms with van der Waals surface area (Å²) in [5.74, 6) is -1.78. The van der Waals surface area contributed by atoms with Crippen LogP contribution in [0, 0.1) is 16.0 Å². The molecule has 3 aliphatic rings. The zero-order valence-corrected chi connectivity index (χ0v) is 24.5. The summed E-state index contributed by atoms with van der Waals surface area (Å²) in [5, 5.41) is 21.4. The first kappa shape index (κ1) is 28.4. The van der Waals surface area contributed by atoms with E-state index in [0.29, 0.717) is 40.8 Å².